The van der Waals surface area contributed by atoms with E-state index < -0.39 is 0 Å². The van der Waals surface area contributed by atoms with Gasteiger partial charge in [0.05, 0.1) is 23.7 Å². The van der Waals surface area contributed by atoms with Crippen LogP contribution in [0.3, 0.4) is 0 Å². The van der Waals surface area contributed by atoms with Crippen LogP contribution in [0.1, 0.15) is 37.7 Å². The van der Waals surface area contributed by atoms with Gasteiger partial charge in [-0.05, 0) is 92.9 Å². The molecule has 40 heavy (non-hydrogen) atoms. The molecule has 206 valence electrons. The van der Waals surface area contributed by atoms with Crippen molar-refractivity contribution < 1.29 is 4.74 Å². The number of ether oxygens (including phenoxy) is 1. The van der Waals surface area contributed by atoms with Crippen LogP contribution in [0.25, 0.3) is 33.5 Å². The summed E-state index contributed by atoms with van der Waals surface area (Å²) in [7, 11) is 1.69. The molecule has 8 heteroatoms. The second kappa shape index (κ2) is 10.8. The lowest BCUT2D eigenvalue weighted by Gasteiger charge is -2.41. The number of aromatic nitrogens is 4. The molecule has 0 unspecified atom stereocenters. The second-order valence-corrected chi connectivity index (χ2v) is 11.1. The summed E-state index contributed by atoms with van der Waals surface area (Å²) >= 11 is 0. The van der Waals surface area contributed by atoms with E-state index in [9.17, 15) is 0 Å². The maximum Gasteiger partial charge on any atom is 0.159 e. The number of likely N-dealkylation sites (tertiary alicyclic amines) is 1. The van der Waals surface area contributed by atoms with Crippen molar-refractivity contribution in [2.24, 2.45) is 0 Å². The van der Waals surface area contributed by atoms with E-state index in [4.69, 9.17) is 9.72 Å². The van der Waals surface area contributed by atoms with Crippen LogP contribution in [0.2, 0.25) is 0 Å². The minimum Gasteiger partial charge on any atom is -0.497 e. The van der Waals surface area contributed by atoms with E-state index >= 15 is 0 Å². The molecule has 2 aromatic heterocycles. The number of hydrogen-bond donors (Lipinski definition) is 3. The number of hydrogen-bond acceptors (Lipinski definition) is 6. The predicted octanol–water partition coefficient (Wildman–Crippen LogP) is 6.18. The topological polar surface area (TPSA) is 85.1 Å². The summed E-state index contributed by atoms with van der Waals surface area (Å²) in [5.74, 6) is 1.65. The lowest BCUT2D eigenvalue weighted by atomic mass is 9.99. The number of anilines is 2. The SMILES string of the molecule is COc1cccc(CNc2ccc3[nH]nc(-c4nc5ccc(N6CCC(N7CCCCC7)CC6)cc5[nH]4)c3c2)c1. The van der Waals surface area contributed by atoms with E-state index in [1.807, 2.05) is 18.2 Å². The summed E-state index contributed by atoms with van der Waals surface area (Å²) in [4.78, 5) is 13.7. The Kier molecular flexibility index (Phi) is 6.77. The van der Waals surface area contributed by atoms with Gasteiger partial charge in [-0.1, -0.05) is 18.6 Å². The Balaban J connectivity index is 1.08. The normalized spacial score (nSPS) is 17.1. The second-order valence-electron chi connectivity index (χ2n) is 11.1. The zero-order valence-electron chi connectivity index (χ0n) is 23.1. The highest BCUT2D eigenvalue weighted by atomic mass is 16.5. The van der Waals surface area contributed by atoms with Crippen molar-refractivity contribution >= 4 is 33.3 Å². The third-order valence-corrected chi connectivity index (χ3v) is 8.62. The molecule has 0 amide bonds. The molecule has 0 atom stereocenters. The number of fused-ring (bicyclic) bond motifs is 2. The Bertz CT molecular complexity index is 1610. The maximum absolute atomic E-state index is 5.36. The quantitative estimate of drug-likeness (QED) is 0.231. The van der Waals surface area contributed by atoms with Gasteiger partial charge in [-0.2, -0.15) is 5.10 Å². The highest BCUT2D eigenvalue weighted by Crippen LogP contribution is 2.31. The zero-order chi connectivity index (χ0) is 26.9. The molecule has 5 aromatic rings. The molecule has 2 fully saturated rings. The van der Waals surface area contributed by atoms with E-state index in [0.717, 1.165) is 69.6 Å². The maximum atomic E-state index is 5.36. The molecular formula is C32H37N7O. The summed E-state index contributed by atoms with van der Waals surface area (Å²) in [6.45, 7) is 5.51. The number of nitrogens with one attached hydrogen (secondary N) is 3. The van der Waals surface area contributed by atoms with Gasteiger partial charge in [0, 0.05) is 42.4 Å². The highest BCUT2D eigenvalue weighted by molar-refractivity contribution is 5.95. The van der Waals surface area contributed by atoms with Crippen molar-refractivity contribution in [2.45, 2.75) is 44.7 Å². The Morgan fingerprint density at radius 1 is 0.925 bits per heavy atom. The van der Waals surface area contributed by atoms with Gasteiger partial charge in [0.1, 0.15) is 11.4 Å². The molecule has 0 spiro atoms. The van der Waals surface area contributed by atoms with Crippen LogP contribution < -0.4 is 15.0 Å². The summed E-state index contributed by atoms with van der Waals surface area (Å²) in [5.41, 5.74) is 7.30. The third kappa shape index (κ3) is 4.99. The molecular weight excluding hydrogens is 498 g/mol. The largest absolute Gasteiger partial charge is 0.497 e. The van der Waals surface area contributed by atoms with Crippen LogP contribution in [0.4, 0.5) is 11.4 Å². The van der Waals surface area contributed by atoms with Gasteiger partial charge < -0.3 is 24.8 Å². The molecule has 0 radical (unpaired) electrons. The lowest BCUT2D eigenvalue weighted by molar-refractivity contribution is 0.141. The van der Waals surface area contributed by atoms with Crippen LogP contribution in [0.15, 0.2) is 60.7 Å². The van der Waals surface area contributed by atoms with Gasteiger partial charge in [0.25, 0.3) is 0 Å². The molecule has 2 saturated heterocycles. The fourth-order valence-corrected chi connectivity index (χ4v) is 6.37. The van der Waals surface area contributed by atoms with Crippen LogP contribution >= 0.6 is 0 Å². The van der Waals surface area contributed by atoms with Crippen LogP contribution in [-0.4, -0.2) is 64.4 Å². The number of aromatic amines is 2. The molecule has 8 nitrogen and oxygen atoms in total. The summed E-state index contributed by atoms with van der Waals surface area (Å²) in [5, 5.41) is 12.4. The average Bonchev–Trinajstić information content (AvgIpc) is 3.64. The fraction of sp³-hybridized carbons (Fsp3) is 0.375. The number of piperidine rings is 2. The predicted molar refractivity (Wildman–Crippen MR) is 162 cm³/mol. The van der Waals surface area contributed by atoms with E-state index in [0.29, 0.717) is 6.54 Å². The van der Waals surface area contributed by atoms with Crippen molar-refractivity contribution in [1.29, 1.82) is 0 Å². The zero-order valence-corrected chi connectivity index (χ0v) is 23.1. The van der Waals surface area contributed by atoms with Gasteiger partial charge in [0.15, 0.2) is 5.82 Å². The van der Waals surface area contributed by atoms with Crippen LogP contribution in [-0.2, 0) is 6.54 Å². The monoisotopic (exact) mass is 535 g/mol. The van der Waals surface area contributed by atoms with Crippen molar-refractivity contribution in [2.75, 3.05) is 43.5 Å². The number of nitrogens with zero attached hydrogens (tertiary/aromatic N) is 4. The Morgan fingerprint density at radius 2 is 1.80 bits per heavy atom. The number of benzene rings is 3. The first-order valence-corrected chi connectivity index (χ1v) is 14.6. The first-order valence-electron chi connectivity index (χ1n) is 14.6. The van der Waals surface area contributed by atoms with E-state index in [-0.39, 0.29) is 0 Å². The minimum absolute atomic E-state index is 0.707. The molecule has 7 rings (SSSR count). The summed E-state index contributed by atoms with van der Waals surface area (Å²) in [6.07, 6.45) is 6.63. The first-order chi connectivity index (χ1) is 19.7. The average molecular weight is 536 g/mol. The van der Waals surface area contributed by atoms with Crippen molar-refractivity contribution in [3.8, 4) is 17.3 Å². The summed E-state index contributed by atoms with van der Waals surface area (Å²) in [6, 6.07) is 21.8. The van der Waals surface area contributed by atoms with Gasteiger partial charge in [0.2, 0.25) is 0 Å². The third-order valence-electron chi connectivity index (χ3n) is 8.62. The van der Waals surface area contributed by atoms with Gasteiger partial charge in [-0.25, -0.2) is 4.98 Å². The molecule has 3 N–H and O–H groups in total. The lowest BCUT2D eigenvalue weighted by Crippen LogP contribution is -2.46. The molecule has 3 aromatic carbocycles. The van der Waals surface area contributed by atoms with Crippen molar-refractivity contribution in [3.63, 3.8) is 0 Å². The van der Waals surface area contributed by atoms with Gasteiger partial charge in [-0.3, -0.25) is 5.10 Å². The standard InChI is InChI=1S/C32H37N7O/c1-40-26-7-5-6-22(18-26)21-33-23-8-10-28-27(19-23)31(37-36-28)32-34-29-11-9-25(20-30(29)35-32)39-16-12-24(13-17-39)38-14-3-2-4-15-38/h5-11,18-20,24,33H,2-4,12-17,21H2,1H3,(H,34,35)(H,36,37). The van der Waals surface area contributed by atoms with Crippen LogP contribution in [0.5, 0.6) is 5.75 Å². The molecule has 2 aliphatic rings. The number of H-pyrrole nitrogens is 2. The van der Waals surface area contributed by atoms with Crippen molar-refractivity contribution in [3.05, 3.63) is 66.2 Å². The number of imidazole rings is 1. The molecule has 0 bridgehead atoms. The molecule has 0 saturated carbocycles. The van der Waals surface area contributed by atoms with Crippen molar-refractivity contribution in [1.82, 2.24) is 25.1 Å². The minimum atomic E-state index is 0.707. The Morgan fingerprint density at radius 3 is 2.65 bits per heavy atom. The number of methoxy groups -OCH3 is 1. The first kappa shape index (κ1) is 25.0. The molecule has 4 heterocycles. The van der Waals surface area contributed by atoms with E-state index in [1.165, 1.54) is 50.9 Å². The number of rotatable bonds is 7. The Hall–Kier alpha value is -4.04. The Labute approximate surface area is 234 Å². The summed E-state index contributed by atoms with van der Waals surface area (Å²) < 4.78 is 5.36. The molecule has 2 aliphatic heterocycles. The van der Waals surface area contributed by atoms with Crippen LogP contribution in [0, 0.1) is 0 Å². The highest BCUT2D eigenvalue weighted by Gasteiger charge is 2.26. The van der Waals surface area contributed by atoms with Gasteiger partial charge in [-0.15, -0.1) is 0 Å². The van der Waals surface area contributed by atoms with E-state index in [2.05, 4.69) is 72.8 Å². The molecule has 0 aliphatic carbocycles. The van der Waals surface area contributed by atoms with E-state index in [1.54, 1.807) is 7.11 Å². The van der Waals surface area contributed by atoms with Gasteiger partial charge >= 0.3 is 0 Å². The smallest absolute Gasteiger partial charge is 0.159 e. The fourth-order valence-electron chi connectivity index (χ4n) is 6.37.